The van der Waals surface area contributed by atoms with Crippen molar-refractivity contribution in [2.75, 3.05) is 13.1 Å². The number of nitrogens with zero attached hydrogens (tertiary/aromatic N) is 4. The molecule has 0 saturated carbocycles. The molecule has 0 atom stereocenters. The molecule has 2 aromatic carbocycles. The lowest BCUT2D eigenvalue weighted by molar-refractivity contribution is 0.321. The predicted molar refractivity (Wildman–Crippen MR) is 96.8 cm³/mol. The third-order valence-electron chi connectivity index (χ3n) is 4.83. The predicted octanol–water partition coefficient (Wildman–Crippen LogP) is 3.43. The van der Waals surface area contributed by atoms with E-state index in [2.05, 4.69) is 20.6 Å². The summed E-state index contributed by atoms with van der Waals surface area (Å²) in [5.74, 6) is -1.98. The lowest BCUT2D eigenvalue weighted by atomic mass is 10.0. The number of phenolic OH excluding ortho intramolecular Hbond substituents is 1. The van der Waals surface area contributed by atoms with E-state index in [0.717, 1.165) is 19.2 Å². The molecule has 136 valence electrons. The van der Waals surface area contributed by atoms with Crippen LogP contribution in [-0.4, -0.2) is 38.2 Å². The van der Waals surface area contributed by atoms with Crippen molar-refractivity contribution in [3.63, 3.8) is 0 Å². The highest BCUT2D eigenvalue weighted by Gasteiger charge is 2.26. The van der Waals surface area contributed by atoms with E-state index in [1.54, 1.807) is 4.68 Å². The van der Waals surface area contributed by atoms with Crippen molar-refractivity contribution >= 4 is 33.5 Å². The Labute approximate surface area is 156 Å². The summed E-state index contributed by atoms with van der Waals surface area (Å²) in [5, 5.41) is 21.9. The summed E-state index contributed by atoms with van der Waals surface area (Å²) < 4.78 is 31.4. The van der Waals surface area contributed by atoms with Gasteiger partial charge in [0.05, 0.1) is 22.8 Å². The van der Waals surface area contributed by atoms with Crippen LogP contribution >= 0.6 is 11.6 Å². The second kappa shape index (κ2) is 5.83. The SMILES string of the molecule is Oc1cccc(F)c1-c1c(Cl)cc2c(ncc3nnn(C4CNC4)c32)c1F. The summed E-state index contributed by atoms with van der Waals surface area (Å²) >= 11 is 6.33. The van der Waals surface area contributed by atoms with Gasteiger partial charge in [-0.15, -0.1) is 5.10 Å². The summed E-state index contributed by atoms with van der Waals surface area (Å²) in [6, 6.07) is 5.37. The van der Waals surface area contributed by atoms with Crippen molar-refractivity contribution in [2.24, 2.45) is 0 Å². The van der Waals surface area contributed by atoms with Crippen LogP contribution in [0.15, 0.2) is 30.5 Å². The molecule has 27 heavy (non-hydrogen) atoms. The van der Waals surface area contributed by atoms with Gasteiger partial charge in [0, 0.05) is 24.0 Å². The fraction of sp³-hybridized carbons (Fsp3) is 0.167. The van der Waals surface area contributed by atoms with E-state index in [4.69, 9.17) is 11.6 Å². The highest BCUT2D eigenvalue weighted by Crippen LogP contribution is 2.41. The lowest BCUT2D eigenvalue weighted by Gasteiger charge is -2.27. The zero-order valence-corrected chi connectivity index (χ0v) is 14.5. The molecule has 0 aliphatic carbocycles. The minimum absolute atomic E-state index is 0.0142. The van der Waals surface area contributed by atoms with Gasteiger partial charge in [0.15, 0.2) is 5.82 Å². The summed E-state index contributed by atoms with van der Waals surface area (Å²) in [6.07, 6.45) is 1.43. The van der Waals surface area contributed by atoms with Gasteiger partial charge < -0.3 is 10.4 Å². The van der Waals surface area contributed by atoms with E-state index >= 15 is 4.39 Å². The zero-order chi connectivity index (χ0) is 18.7. The van der Waals surface area contributed by atoms with Crippen LogP contribution < -0.4 is 5.32 Å². The number of hydrogen-bond acceptors (Lipinski definition) is 5. The highest BCUT2D eigenvalue weighted by atomic mass is 35.5. The molecule has 1 aliphatic rings. The number of pyridine rings is 1. The Morgan fingerprint density at radius 3 is 2.74 bits per heavy atom. The van der Waals surface area contributed by atoms with Crippen LogP contribution in [-0.2, 0) is 0 Å². The number of hydrogen-bond donors (Lipinski definition) is 2. The molecule has 5 rings (SSSR count). The van der Waals surface area contributed by atoms with Gasteiger partial charge in [0.1, 0.15) is 28.1 Å². The van der Waals surface area contributed by atoms with Crippen molar-refractivity contribution in [1.29, 1.82) is 0 Å². The molecule has 9 heteroatoms. The Kier molecular flexibility index (Phi) is 3.53. The molecule has 4 aromatic rings. The first-order valence-electron chi connectivity index (χ1n) is 8.26. The average molecular weight is 388 g/mol. The van der Waals surface area contributed by atoms with Crippen molar-refractivity contribution in [2.45, 2.75) is 6.04 Å². The van der Waals surface area contributed by atoms with Crippen LogP contribution in [0.5, 0.6) is 5.75 Å². The summed E-state index contributed by atoms with van der Waals surface area (Å²) in [5.41, 5.74) is 0.637. The topological polar surface area (TPSA) is 75.9 Å². The fourth-order valence-corrected chi connectivity index (χ4v) is 3.67. The van der Waals surface area contributed by atoms with Gasteiger partial charge in [-0.2, -0.15) is 0 Å². The highest BCUT2D eigenvalue weighted by molar-refractivity contribution is 6.34. The van der Waals surface area contributed by atoms with Gasteiger partial charge in [0.2, 0.25) is 0 Å². The molecule has 0 unspecified atom stereocenters. The number of rotatable bonds is 2. The Morgan fingerprint density at radius 2 is 2.04 bits per heavy atom. The van der Waals surface area contributed by atoms with Crippen LogP contribution in [0.3, 0.4) is 0 Å². The molecule has 2 N–H and O–H groups in total. The lowest BCUT2D eigenvalue weighted by Crippen LogP contribution is -2.43. The van der Waals surface area contributed by atoms with Crippen molar-refractivity contribution in [1.82, 2.24) is 25.3 Å². The Hall–Kier alpha value is -2.84. The number of aromatic hydroxyl groups is 1. The Bertz CT molecular complexity index is 1200. The second-order valence-electron chi connectivity index (χ2n) is 6.42. The molecule has 0 bridgehead atoms. The standard InChI is InChI=1S/C18H12ClF2N5O/c19-10-4-9-17(16(21)14(10)15-11(20)2-1-3-13(15)27)23-7-12-18(9)26(25-24-12)8-5-22-6-8/h1-4,7-8,22,27H,5-6H2. The average Bonchev–Trinajstić information content (AvgIpc) is 3.00. The van der Waals surface area contributed by atoms with Gasteiger partial charge in [-0.05, 0) is 18.2 Å². The largest absolute Gasteiger partial charge is 0.507 e. The smallest absolute Gasteiger partial charge is 0.159 e. The normalized spacial score (nSPS) is 14.8. The zero-order valence-electron chi connectivity index (χ0n) is 13.7. The van der Waals surface area contributed by atoms with E-state index in [-0.39, 0.29) is 27.7 Å². The monoisotopic (exact) mass is 387 g/mol. The minimum Gasteiger partial charge on any atom is -0.507 e. The molecular weight excluding hydrogens is 376 g/mol. The third-order valence-corrected chi connectivity index (χ3v) is 5.13. The molecule has 1 saturated heterocycles. The van der Waals surface area contributed by atoms with E-state index < -0.39 is 17.4 Å². The van der Waals surface area contributed by atoms with E-state index in [1.165, 1.54) is 24.4 Å². The first-order chi connectivity index (χ1) is 13.1. The maximum Gasteiger partial charge on any atom is 0.159 e. The van der Waals surface area contributed by atoms with E-state index in [9.17, 15) is 9.50 Å². The van der Waals surface area contributed by atoms with Gasteiger partial charge in [-0.1, -0.05) is 22.9 Å². The molecule has 0 amide bonds. The van der Waals surface area contributed by atoms with Gasteiger partial charge in [0.25, 0.3) is 0 Å². The fourth-order valence-electron chi connectivity index (χ4n) is 3.39. The quantitative estimate of drug-likeness (QED) is 0.551. The number of benzene rings is 2. The minimum atomic E-state index is -0.806. The molecule has 0 radical (unpaired) electrons. The first kappa shape index (κ1) is 16.3. The van der Waals surface area contributed by atoms with Gasteiger partial charge >= 0.3 is 0 Å². The summed E-state index contributed by atoms with van der Waals surface area (Å²) in [6.45, 7) is 1.47. The molecule has 6 nitrogen and oxygen atoms in total. The molecule has 1 aliphatic heterocycles. The van der Waals surface area contributed by atoms with Gasteiger partial charge in [-0.3, -0.25) is 4.98 Å². The first-order valence-corrected chi connectivity index (χ1v) is 8.64. The third kappa shape index (κ3) is 2.30. The molecule has 0 spiro atoms. The molecular formula is C18H12ClF2N5O. The summed E-state index contributed by atoms with van der Waals surface area (Å²) in [4.78, 5) is 4.14. The number of halogens is 3. The number of nitrogens with one attached hydrogen (secondary N) is 1. The van der Waals surface area contributed by atoms with Crippen molar-refractivity contribution in [3.05, 3.63) is 47.1 Å². The maximum absolute atomic E-state index is 15.4. The van der Waals surface area contributed by atoms with Crippen LogP contribution in [0.2, 0.25) is 5.02 Å². The number of phenols is 1. The van der Waals surface area contributed by atoms with Gasteiger partial charge in [-0.25, -0.2) is 13.5 Å². The number of aromatic nitrogens is 4. The molecule has 1 fully saturated rings. The number of fused-ring (bicyclic) bond motifs is 3. The summed E-state index contributed by atoms with van der Waals surface area (Å²) in [7, 11) is 0. The Balaban J connectivity index is 1.85. The molecule has 2 aromatic heterocycles. The molecule has 3 heterocycles. The second-order valence-corrected chi connectivity index (χ2v) is 6.82. The van der Waals surface area contributed by atoms with E-state index in [1.807, 2.05) is 0 Å². The van der Waals surface area contributed by atoms with Crippen molar-refractivity contribution in [3.8, 4) is 16.9 Å². The van der Waals surface area contributed by atoms with Crippen LogP contribution in [0.25, 0.3) is 33.1 Å². The maximum atomic E-state index is 15.4. The van der Waals surface area contributed by atoms with E-state index in [0.29, 0.717) is 16.4 Å². The van der Waals surface area contributed by atoms with Crippen LogP contribution in [0.4, 0.5) is 8.78 Å². The van der Waals surface area contributed by atoms with Crippen molar-refractivity contribution < 1.29 is 13.9 Å². The van der Waals surface area contributed by atoms with Crippen LogP contribution in [0.1, 0.15) is 6.04 Å². The van der Waals surface area contributed by atoms with Crippen LogP contribution in [0, 0.1) is 11.6 Å². The Morgan fingerprint density at radius 1 is 1.22 bits per heavy atom.